The quantitative estimate of drug-likeness (QED) is 0.382. The molecule has 0 aliphatic carbocycles. The summed E-state index contributed by atoms with van der Waals surface area (Å²) in [6.07, 6.45) is 1.09. The molecule has 1 aliphatic heterocycles. The molecule has 1 aromatic rings. The van der Waals surface area contributed by atoms with Crippen molar-refractivity contribution in [3.05, 3.63) is 29.6 Å². The van der Waals surface area contributed by atoms with Crippen molar-refractivity contribution in [2.45, 2.75) is 20.3 Å². The molecule has 104 valence electrons. The largest absolute Gasteiger partial charge is 0.409 e. The van der Waals surface area contributed by atoms with E-state index < -0.39 is 5.82 Å². The fourth-order valence-corrected chi connectivity index (χ4v) is 2.63. The Hall–Kier alpha value is -1.78. The van der Waals surface area contributed by atoms with Crippen LogP contribution in [0.15, 0.2) is 23.4 Å². The van der Waals surface area contributed by atoms with Gasteiger partial charge in [-0.1, -0.05) is 25.1 Å². The summed E-state index contributed by atoms with van der Waals surface area (Å²) in [5, 5.41) is 11.7. The van der Waals surface area contributed by atoms with Crippen LogP contribution in [-0.2, 0) is 0 Å². The zero-order valence-corrected chi connectivity index (χ0v) is 11.3. The first-order valence-corrected chi connectivity index (χ1v) is 6.56. The highest BCUT2D eigenvalue weighted by Gasteiger charge is 2.27. The second-order valence-electron chi connectivity index (χ2n) is 5.36. The lowest BCUT2D eigenvalue weighted by Crippen LogP contribution is -2.26. The molecule has 5 heteroatoms. The number of hydrogen-bond donors (Lipinski definition) is 2. The van der Waals surface area contributed by atoms with Gasteiger partial charge in [0.1, 0.15) is 5.82 Å². The molecule has 3 N–H and O–H groups in total. The van der Waals surface area contributed by atoms with Crippen LogP contribution in [0, 0.1) is 17.7 Å². The lowest BCUT2D eigenvalue weighted by atomic mass is 9.95. The lowest BCUT2D eigenvalue weighted by Gasteiger charge is -2.22. The highest BCUT2D eigenvalue weighted by Crippen LogP contribution is 2.31. The summed E-state index contributed by atoms with van der Waals surface area (Å²) in [4.78, 5) is 2.11. The molecule has 0 radical (unpaired) electrons. The number of rotatable bonds is 3. The van der Waals surface area contributed by atoms with E-state index in [-0.39, 0.29) is 11.4 Å². The Morgan fingerprint density at radius 2 is 2.26 bits per heavy atom. The average Bonchev–Trinajstić information content (AvgIpc) is 2.87. The van der Waals surface area contributed by atoms with E-state index in [1.54, 1.807) is 6.07 Å². The molecule has 1 aliphatic rings. The van der Waals surface area contributed by atoms with Gasteiger partial charge in [0.05, 0.1) is 11.3 Å². The molecule has 0 aromatic heterocycles. The van der Waals surface area contributed by atoms with E-state index in [0.29, 0.717) is 17.5 Å². The highest BCUT2D eigenvalue weighted by atomic mass is 19.1. The second-order valence-corrected chi connectivity index (χ2v) is 5.36. The monoisotopic (exact) mass is 265 g/mol. The number of nitrogens with two attached hydrogens (primary N) is 1. The van der Waals surface area contributed by atoms with Crippen LogP contribution in [0.25, 0.3) is 0 Å². The summed E-state index contributed by atoms with van der Waals surface area (Å²) < 4.78 is 13.9. The minimum absolute atomic E-state index is 0.180. The van der Waals surface area contributed by atoms with E-state index in [1.807, 2.05) is 6.07 Å². The minimum atomic E-state index is -0.458. The lowest BCUT2D eigenvalue weighted by molar-refractivity contribution is 0.318. The molecule has 19 heavy (non-hydrogen) atoms. The maximum atomic E-state index is 13.9. The van der Waals surface area contributed by atoms with Crippen LogP contribution in [0.5, 0.6) is 0 Å². The number of oxime groups is 1. The molecule has 1 aromatic carbocycles. The fraction of sp³-hybridized carbons (Fsp3) is 0.500. The van der Waals surface area contributed by atoms with Crippen LogP contribution in [0.2, 0.25) is 0 Å². The van der Waals surface area contributed by atoms with Crippen LogP contribution < -0.4 is 10.6 Å². The zero-order chi connectivity index (χ0) is 14.0. The molecule has 0 bridgehead atoms. The predicted octanol–water partition coefficient (Wildman–Crippen LogP) is 2.40. The molecule has 0 amide bonds. The number of halogens is 1. The maximum absolute atomic E-state index is 13.9. The first-order chi connectivity index (χ1) is 9.04. The smallest absolute Gasteiger partial charge is 0.175 e. The molecule has 1 atom stereocenters. The Morgan fingerprint density at radius 1 is 1.53 bits per heavy atom. The van der Waals surface area contributed by atoms with Crippen molar-refractivity contribution < 1.29 is 9.60 Å². The topological polar surface area (TPSA) is 61.8 Å². The van der Waals surface area contributed by atoms with Gasteiger partial charge in [0.15, 0.2) is 5.84 Å². The van der Waals surface area contributed by atoms with Crippen molar-refractivity contribution in [2.75, 3.05) is 18.0 Å². The second kappa shape index (κ2) is 5.47. The van der Waals surface area contributed by atoms with Crippen LogP contribution >= 0.6 is 0 Å². The van der Waals surface area contributed by atoms with Gasteiger partial charge in [-0.05, 0) is 30.4 Å². The molecule has 4 nitrogen and oxygen atoms in total. The average molecular weight is 265 g/mol. The third-order valence-electron chi connectivity index (χ3n) is 3.86. The number of hydrogen-bond acceptors (Lipinski definition) is 3. The van der Waals surface area contributed by atoms with Gasteiger partial charge in [-0.15, -0.1) is 0 Å². The Bertz CT molecular complexity index is 488. The SMILES string of the molecule is CC(C)C1CCN(c2cccc(F)c2/C(N)=N/O)C1. The summed E-state index contributed by atoms with van der Waals surface area (Å²) in [6.45, 7) is 6.15. The van der Waals surface area contributed by atoms with Crippen LogP contribution in [0.4, 0.5) is 10.1 Å². The standard InChI is InChI=1S/C14H20FN3O/c1-9(2)10-6-7-18(8-10)12-5-3-4-11(15)13(12)14(16)17-19/h3-5,9-10,19H,6-8H2,1-2H3,(H2,16,17). The van der Waals surface area contributed by atoms with E-state index in [1.165, 1.54) is 6.07 Å². The first-order valence-electron chi connectivity index (χ1n) is 6.56. The van der Waals surface area contributed by atoms with E-state index in [9.17, 15) is 4.39 Å². The van der Waals surface area contributed by atoms with E-state index in [2.05, 4.69) is 23.9 Å². The van der Waals surface area contributed by atoms with Crippen molar-refractivity contribution in [1.82, 2.24) is 0 Å². The van der Waals surface area contributed by atoms with Gasteiger partial charge in [-0.25, -0.2) is 4.39 Å². The van der Waals surface area contributed by atoms with Crippen LogP contribution in [-0.4, -0.2) is 24.1 Å². The van der Waals surface area contributed by atoms with Gasteiger partial charge < -0.3 is 15.8 Å². The maximum Gasteiger partial charge on any atom is 0.175 e. The minimum Gasteiger partial charge on any atom is -0.409 e. The van der Waals surface area contributed by atoms with Gasteiger partial charge in [0.25, 0.3) is 0 Å². The van der Waals surface area contributed by atoms with Gasteiger partial charge in [-0.3, -0.25) is 0 Å². The van der Waals surface area contributed by atoms with Gasteiger partial charge >= 0.3 is 0 Å². The number of nitrogens with zero attached hydrogens (tertiary/aromatic N) is 2. The number of amidine groups is 1. The van der Waals surface area contributed by atoms with Crippen LogP contribution in [0.3, 0.4) is 0 Å². The van der Waals surface area contributed by atoms with Crippen molar-refractivity contribution in [3.63, 3.8) is 0 Å². The predicted molar refractivity (Wildman–Crippen MR) is 74.1 cm³/mol. The van der Waals surface area contributed by atoms with Crippen LogP contribution in [0.1, 0.15) is 25.8 Å². The molecule has 1 heterocycles. The molecule has 1 saturated heterocycles. The molecule has 1 fully saturated rings. The van der Waals surface area contributed by atoms with E-state index in [0.717, 1.165) is 19.5 Å². The summed E-state index contributed by atoms with van der Waals surface area (Å²) in [5.74, 6) is 0.566. The number of benzene rings is 1. The molecular weight excluding hydrogens is 245 g/mol. The fourth-order valence-electron chi connectivity index (χ4n) is 2.63. The van der Waals surface area contributed by atoms with E-state index in [4.69, 9.17) is 10.9 Å². The highest BCUT2D eigenvalue weighted by molar-refractivity contribution is 6.02. The Kier molecular flexibility index (Phi) is 3.93. The van der Waals surface area contributed by atoms with Crippen molar-refractivity contribution in [1.29, 1.82) is 0 Å². The molecule has 2 rings (SSSR count). The number of anilines is 1. The summed E-state index contributed by atoms with van der Waals surface area (Å²) in [7, 11) is 0. The molecule has 0 spiro atoms. The van der Waals surface area contributed by atoms with E-state index >= 15 is 0 Å². The Morgan fingerprint density at radius 3 is 2.84 bits per heavy atom. The van der Waals surface area contributed by atoms with Crippen molar-refractivity contribution >= 4 is 11.5 Å². The van der Waals surface area contributed by atoms with Crippen molar-refractivity contribution in [2.24, 2.45) is 22.7 Å². The van der Waals surface area contributed by atoms with Gasteiger partial charge in [-0.2, -0.15) is 0 Å². The zero-order valence-electron chi connectivity index (χ0n) is 11.3. The molecule has 1 unspecified atom stereocenters. The van der Waals surface area contributed by atoms with Crippen molar-refractivity contribution in [3.8, 4) is 0 Å². The summed E-state index contributed by atoms with van der Waals surface area (Å²) >= 11 is 0. The Balaban J connectivity index is 2.33. The summed E-state index contributed by atoms with van der Waals surface area (Å²) in [5.41, 5.74) is 6.49. The first kappa shape index (κ1) is 13.6. The summed E-state index contributed by atoms with van der Waals surface area (Å²) in [6, 6.07) is 4.80. The normalized spacial score (nSPS) is 20.3. The third-order valence-corrected chi connectivity index (χ3v) is 3.86. The Labute approximate surface area is 112 Å². The molecule has 0 saturated carbocycles. The third kappa shape index (κ3) is 2.64. The molecular formula is C14H20FN3O. The van der Waals surface area contributed by atoms with Gasteiger partial charge in [0, 0.05) is 13.1 Å². The van der Waals surface area contributed by atoms with Gasteiger partial charge in [0.2, 0.25) is 0 Å².